The van der Waals surface area contributed by atoms with Gasteiger partial charge in [0, 0.05) is 18.2 Å². The smallest absolute Gasteiger partial charge is 0.311 e. The molecule has 1 unspecified atom stereocenters. The predicted molar refractivity (Wildman–Crippen MR) is 129 cm³/mol. The van der Waals surface area contributed by atoms with Gasteiger partial charge in [0.1, 0.15) is 5.04 Å². The first-order valence-electron chi connectivity index (χ1n) is 11.6. The van der Waals surface area contributed by atoms with E-state index >= 15 is 0 Å². The number of aliphatic imine (C=N–C) groups is 2. The second-order valence-electron chi connectivity index (χ2n) is 9.00. The van der Waals surface area contributed by atoms with E-state index in [1.54, 1.807) is 7.05 Å². The zero-order valence-corrected chi connectivity index (χ0v) is 19.8. The lowest BCUT2D eigenvalue weighted by atomic mass is 10.0. The fourth-order valence-electron chi connectivity index (χ4n) is 5.08. The number of fused-ring (bicyclic) bond motifs is 2. The third-order valence-corrected chi connectivity index (χ3v) is 7.94. The van der Waals surface area contributed by atoms with E-state index in [-0.39, 0.29) is 23.5 Å². The van der Waals surface area contributed by atoms with E-state index < -0.39 is 11.9 Å². The van der Waals surface area contributed by atoms with Gasteiger partial charge in [-0.3, -0.25) is 9.59 Å². The zero-order chi connectivity index (χ0) is 23.1. The highest BCUT2D eigenvalue weighted by Crippen LogP contribution is 2.33. The number of aryl methyl sites for hydroxylation is 1. The fourth-order valence-corrected chi connectivity index (χ4v) is 6.04. The normalized spacial score (nSPS) is 23.4. The Morgan fingerprint density at radius 3 is 2.70 bits per heavy atom. The topological polar surface area (TPSA) is 85.4 Å². The van der Waals surface area contributed by atoms with Crippen LogP contribution in [0.4, 0.5) is 10.5 Å². The number of imide groups is 1. The predicted octanol–water partition coefficient (Wildman–Crippen LogP) is 2.95. The van der Waals surface area contributed by atoms with Crippen LogP contribution in [0.15, 0.2) is 34.3 Å². The van der Waals surface area contributed by atoms with E-state index in [2.05, 4.69) is 6.07 Å². The Hall–Kier alpha value is -2.81. The van der Waals surface area contributed by atoms with Crippen LogP contribution in [0.1, 0.15) is 37.7 Å². The Balaban J connectivity index is 1.42. The zero-order valence-electron chi connectivity index (χ0n) is 19.0. The molecule has 0 saturated heterocycles. The van der Waals surface area contributed by atoms with Gasteiger partial charge in [-0.2, -0.15) is 9.48 Å². The van der Waals surface area contributed by atoms with Gasteiger partial charge in [-0.15, -0.1) is 0 Å². The van der Waals surface area contributed by atoms with Crippen LogP contribution < -0.4 is 4.90 Å². The highest BCUT2D eigenvalue weighted by molar-refractivity contribution is 8.14. The summed E-state index contributed by atoms with van der Waals surface area (Å²) in [5.74, 6) is 0.453. The molecule has 0 bridgehead atoms. The number of hydrogen-bond donors (Lipinski definition) is 0. The first kappa shape index (κ1) is 22.0. The maximum Gasteiger partial charge on any atom is 0.445 e. The second kappa shape index (κ2) is 8.85. The van der Waals surface area contributed by atoms with Gasteiger partial charge in [0.25, 0.3) is 5.84 Å². The summed E-state index contributed by atoms with van der Waals surface area (Å²) in [7, 11) is 3.12. The molecule has 1 aromatic rings. The summed E-state index contributed by atoms with van der Waals surface area (Å²) in [5.41, 5.74) is 2.16. The third-order valence-electron chi connectivity index (χ3n) is 6.93. The van der Waals surface area contributed by atoms with Crippen molar-refractivity contribution >= 4 is 52.0 Å². The lowest BCUT2D eigenvalue weighted by Gasteiger charge is -2.30. The number of nitrogens with zero attached hydrogens (tertiary/aromatic N) is 5. The minimum absolute atomic E-state index is 0.00220. The quantitative estimate of drug-likeness (QED) is 0.641. The fraction of sp³-hybridized carbons (Fsp3) is 0.500. The van der Waals surface area contributed by atoms with E-state index in [1.165, 1.54) is 28.9 Å². The van der Waals surface area contributed by atoms with Crippen molar-refractivity contribution in [2.24, 2.45) is 21.8 Å². The molecule has 0 aromatic heterocycles. The SMILES string of the molecule is CN1C(=O)C2C(SCC(=O)N3CCCc4ccccc43)=NC(C3CCCC3)=NC2=[N+](C)C1=O. The number of urea groups is 1. The van der Waals surface area contributed by atoms with Crippen molar-refractivity contribution < 1.29 is 19.0 Å². The van der Waals surface area contributed by atoms with Crippen LogP contribution in [0.3, 0.4) is 0 Å². The molecule has 0 spiro atoms. The molecule has 3 aliphatic heterocycles. The van der Waals surface area contributed by atoms with Gasteiger partial charge in [-0.1, -0.05) is 47.8 Å². The number of thioether (sulfide) groups is 1. The van der Waals surface area contributed by atoms with Gasteiger partial charge in [0.15, 0.2) is 5.92 Å². The molecule has 33 heavy (non-hydrogen) atoms. The minimum atomic E-state index is -0.741. The van der Waals surface area contributed by atoms with Gasteiger partial charge in [0.2, 0.25) is 11.7 Å². The minimum Gasteiger partial charge on any atom is -0.311 e. The van der Waals surface area contributed by atoms with Crippen molar-refractivity contribution in [1.29, 1.82) is 0 Å². The summed E-state index contributed by atoms with van der Waals surface area (Å²) in [6.07, 6.45) is 6.18. The first-order chi connectivity index (χ1) is 16.0. The number of carbonyl (C=O) groups excluding carboxylic acids is 3. The van der Waals surface area contributed by atoms with Crippen LogP contribution in [0.25, 0.3) is 0 Å². The molecular weight excluding hydrogens is 438 g/mol. The van der Waals surface area contributed by atoms with E-state index in [9.17, 15) is 14.4 Å². The van der Waals surface area contributed by atoms with Gasteiger partial charge < -0.3 is 4.90 Å². The van der Waals surface area contributed by atoms with Crippen LogP contribution in [-0.4, -0.2) is 70.4 Å². The average molecular weight is 467 g/mol. The molecule has 1 aliphatic carbocycles. The molecule has 9 heteroatoms. The van der Waals surface area contributed by atoms with Gasteiger partial charge in [-0.05, 0) is 37.3 Å². The number of anilines is 1. The molecular formula is C24H28N5O3S+. The van der Waals surface area contributed by atoms with Gasteiger partial charge >= 0.3 is 11.9 Å². The second-order valence-corrected chi connectivity index (χ2v) is 9.99. The summed E-state index contributed by atoms with van der Waals surface area (Å²) in [6.45, 7) is 0.692. The Bertz CT molecular complexity index is 1120. The number of rotatable bonds is 3. The molecule has 1 fully saturated rings. The van der Waals surface area contributed by atoms with Crippen LogP contribution in [0.2, 0.25) is 0 Å². The molecule has 5 rings (SSSR count). The van der Waals surface area contributed by atoms with Crippen molar-refractivity contribution in [2.45, 2.75) is 38.5 Å². The third kappa shape index (κ3) is 3.92. The lowest BCUT2D eigenvalue weighted by molar-refractivity contribution is -0.407. The summed E-state index contributed by atoms with van der Waals surface area (Å²) < 4.78 is 1.44. The molecule has 4 aliphatic rings. The number of hydrogen-bond acceptors (Lipinski definition) is 6. The molecule has 3 heterocycles. The van der Waals surface area contributed by atoms with E-state index in [0.29, 0.717) is 23.3 Å². The van der Waals surface area contributed by atoms with Crippen molar-refractivity contribution in [1.82, 2.24) is 4.90 Å². The van der Waals surface area contributed by atoms with Crippen molar-refractivity contribution in [3.8, 4) is 0 Å². The lowest BCUT2D eigenvalue weighted by Crippen LogP contribution is -2.55. The van der Waals surface area contributed by atoms with Gasteiger partial charge in [-0.25, -0.2) is 9.79 Å². The number of para-hydroxylation sites is 1. The Morgan fingerprint density at radius 1 is 1.15 bits per heavy atom. The summed E-state index contributed by atoms with van der Waals surface area (Å²) >= 11 is 1.30. The molecule has 8 nitrogen and oxygen atoms in total. The number of amidine groups is 2. The first-order valence-corrected chi connectivity index (χ1v) is 12.5. The van der Waals surface area contributed by atoms with Crippen molar-refractivity contribution in [3.05, 3.63) is 29.8 Å². The Kier molecular flexibility index (Phi) is 5.90. The number of amides is 4. The van der Waals surface area contributed by atoms with Crippen molar-refractivity contribution in [3.63, 3.8) is 0 Å². The van der Waals surface area contributed by atoms with Crippen molar-refractivity contribution in [2.75, 3.05) is 31.3 Å². The molecule has 1 atom stereocenters. The highest BCUT2D eigenvalue weighted by atomic mass is 32.2. The van der Waals surface area contributed by atoms with E-state index in [4.69, 9.17) is 9.98 Å². The largest absolute Gasteiger partial charge is 0.445 e. The molecule has 172 valence electrons. The van der Waals surface area contributed by atoms with Crippen LogP contribution in [0, 0.1) is 11.8 Å². The Labute approximate surface area is 197 Å². The highest BCUT2D eigenvalue weighted by Gasteiger charge is 2.50. The number of carbonyl (C=O) groups is 3. The van der Waals surface area contributed by atoms with Crippen LogP contribution in [0.5, 0.6) is 0 Å². The molecule has 0 N–H and O–H groups in total. The Morgan fingerprint density at radius 2 is 1.91 bits per heavy atom. The molecule has 4 amide bonds. The average Bonchev–Trinajstić information content (AvgIpc) is 3.39. The summed E-state index contributed by atoms with van der Waals surface area (Å²) in [5, 5.41) is 0.566. The van der Waals surface area contributed by atoms with Crippen LogP contribution in [-0.2, 0) is 16.0 Å². The maximum absolute atomic E-state index is 13.2. The monoisotopic (exact) mass is 466 g/mol. The molecule has 1 saturated carbocycles. The van der Waals surface area contributed by atoms with E-state index in [0.717, 1.165) is 49.1 Å². The summed E-state index contributed by atoms with van der Waals surface area (Å²) in [6, 6.07) is 7.63. The van der Waals surface area contributed by atoms with Gasteiger partial charge in [0.05, 0.1) is 19.8 Å². The molecule has 0 radical (unpaired) electrons. The summed E-state index contributed by atoms with van der Waals surface area (Å²) in [4.78, 5) is 51.3. The number of benzene rings is 1. The van der Waals surface area contributed by atoms with E-state index in [1.807, 2.05) is 23.1 Å². The van der Waals surface area contributed by atoms with Crippen LogP contribution >= 0.6 is 11.8 Å². The maximum atomic E-state index is 13.2. The standard InChI is InChI=1S/C24H28N5O3S/c1-27-21-19(23(31)28(2)24(27)32)22(26-20(25-21)16-9-3-4-10-16)33-14-18(30)29-13-7-11-15-8-5-6-12-17(15)29/h5-6,8,12,16,19H,3-4,7,9-11,13-14H2,1-2H3/q+1. The molecule has 1 aromatic carbocycles.